The third-order valence-corrected chi connectivity index (χ3v) is 4.26. The van der Waals surface area contributed by atoms with Crippen molar-refractivity contribution in [1.82, 2.24) is 25.3 Å². The van der Waals surface area contributed by atoms with Crippen molar-refractivity contribution in [2.24, 2.45) is 12.0 Å². The van der Waals surface area contributed by atoms with Crippen LogP contribution in [0.15, 0.2) is 35.5 Å². The molecule has 2 rings (SSSR count). The molecule has 0 bridgehead atoms. The number of aliphatic imine (C=N–C) groups is 1. The maximum absolute atomic E-state index is 11.9. The molecule has 0 radical (unpaired) electrons. The molecule has 28 heavy (non-hydrogen) atoms. The van der Waals surface area contributed by atoms with Gasteiger partial charge in [0.05, 0.1) is 25.9 Å². The second kappa shape index (κ2) is 10.3. The Morgan fingerprint density at radius 3 is 2.57 bits per heavy atom. The second-order valence-electron chi connectivity index (χ2n) is 6.64. The highest BCUT2D eigenvalue weighted by Gasteiger charge is 2.09. The number of carbonyl (C=O) groups excluding carboxylic acids is 1. The third kappa shape index (κ3) is 6.29. The summed E-state index contributed by atoms with van der Waals surface area (Å²) in [6, 6.07) is 7.76. The first-order valence-electron chi connectivity index (χ1n) is 9.29. The summed E-state index contributed by atoms with van der Waals surface area (Å²) in [7, 11) is 7.02. The Labute approximate surface area is 166 Å². The van der Waals surface area contributed by atoms with Gasteiger partial charge in [-0.1, -0.05) is 19.1 Å². The summed E-state index contributed by atoms with van der Waals surface area (Å²) in [6.07, 6.45) is 2.86. The number of nitrogens with one attached hydrogen (secondary N) is 2. The molecule has 1 aromatic heterocycles. The average Bonchev–Trinajstić information content (AvgIpc) is 3.07. The molecule has 0 spiro atoms. The molecule has 0 aliphatic heterocycles. The van der Waals surface area contributed by atoms with Crippen LogP contribution in [0.5, 0.6) is 5.75 Å². The number of aromatic nitrogens is 2. The standard InChI is InChI=1S/C20H30N6O2/c1-6-18-16(14-26(4)24-18)12-22-20(23-13-19(27)25(2)3)21-11-15-7-9-17(28-5)10-8-15/h7-10,14H,6,11-13H2,1-5H3,(H2,21,22,23). The van der Waals surface area contributed by atoms with Gasteiger partial charge in [-0.05, 0) is 24.1 Å². The van der Waals surface area contributed by atoms with Gasteiger partial charge in [0.1, 0.15) is 5.75 Å². The molecule has 2 aromatic rings. The maximum atomic E-state index is 11.9. The van der Waals surface area contributed by atoms with Crippen LogP contribution in [-0.2, 0) is 31.4 Å². The number of guanidine groups is 1. The third-order valence-electron chi connectivity index (χ3n) is 4.26. The zero-order valence-electron chi connectivity index (χ0n) is 17.3. The largest absolute Gasteiger partial charge is 0.497 e. The molecule has 0 aliphatic rings. The minimum atomic E-state index is -0.0189. The van der Waals surface area contributed by atoms with E-state index in [-0.39, 0.29) is 12.5 Å². The van der Waals surface area contributed by atoms with Crippen LogP contribution in [0.2, 0.25) is 0 Å². The SMILES string of the molecule is CCc1nn(C)cc1CNC(=NCc1ccc(OC)cc1)NCC(=O)N(C)C. The van der Waals surface area contributed by atoms with E-state index in [9.17, 15) is 4.79 Å². The lowest BCUT2D eigenvalue weighted by molar-refractivity contribution is -0.127. The highest BCUT2D eigenvalue weighted by atomic mass is 16.5. The van der Waals surface area contributed by atoms with E-state index in [2.05, 4.69) is 27.6 Å². The van der Waals surface area contributed by atoms with Gasteiger partial charge in [0, 0.05) is 39.4 Å². The Kier molecular flexibility index (Phi) is 7.86. The zero-order chi connectivity index (χ0) is 20.5. The van der Waals surface area contributed by atoms with Crippen molar-refractivity contribution >= 4 is 11.9 Å². The van der Waals surface area contributed by atoms with Crippen LogP contribution >= 0.6 is 0 Å². The molecule has 1 heterocycles. The van der Waals surface area contributed by atoms with Crippen LogP contribution < -0.4 is 15.4 Å². The van der Waals surface area contributed by atoms with Gasteiger partial charge in [0.25, 0.3) is 0 Å². The topological polar surface area (TPSA) is 83.8 Å². The van der Waals surface area contributed by atoms with Gasteiger partial charge in [-0.2, -0.15) is 5.10 Å². The predicted molar refractivity (Wildman–Crippen MR) is 110 cm³/mol. The number of amides is 1. The van der Waals surface area contributed by atoms with E-state index in [4.69, 9.17) is 4.74 Å². The van der Waals surface area contributed by atoms with Gasteiger partial charge < -0.3 is 20.3 Å². The average molecular weight is 387 g/mol. The fraction of sp³-hybridized carbons (Fsp3) is 0.450. The normalized spacial score (nSPS) is 11.2. The van der Waals surface area contributed by atoms with Crippen LogP contribution in [0.25, 0.3) is 0 Å². The molecule has 0 aliphatic carbocycles. The second-order valence-corrected chi connectivity index (χ2v) is 6.64. The van der Waals surface area contributed by atoms with Crippen molar-refractivity contribution in [1.29, 1.82) is 0 Å². The maximum Gasteiger partial charge on any atom is 0.241 e. The summed E-state index contributed by atoms with van der Waals surface area (Å²) < 4.78 is 7.00. The Morgan fingerprint density at radius 2 is 1.96 bits per heavy atom. The van der Waals surface area contributed by atoms with Crippen LogP contribution in [0.1, 0.15) is 23.7 Å². The molecule has 2 N–H and O–H groups in total. The molecule has 0 atom stereocenters. The first kappa shape index (κ1) is 21.3. The van der Waals surface area contributed by atoms with E-state index < -0.39 is 0 Å². The molecule has 1 aromatic carbocycles. The molecular formula is C20H30N6O2. The first-order chi connectivity index (χ1) is 13.4. The van der Waals surface area contributed by atoms with E-state index in [0.29, 0.717) is 19.0 Å². The summed E-state index contributed by atoms with van der Waals surface area (Å²) in [4.78, 5) is 18.1. The lowest BCUT2D eigenvalue weighted by atomic mass is 10.2. The Balaban J connectivity index is 2.07. The molecule has 8 heteroatoms. The summed E-state index contributed by atoms with van der Waals surface area (Å²) in [5.74, 6) is 1.37. The van der Waals surface area contributed by atoms with Crippen LogP contribution in [0.3, 0.4) is 0 Å². The Hall–Kier alpha value is -3.03. The minimum Gasteiger partial charge on any atom is -0.497 e. The number of hydrogen-bond acceptors (Lipinski definition) is 4. The monoisotopic (exact) mass is 386 g/mol. The van der Waals surface area contributed by atoms with E-state index in [1.54, 1.807) is 26.1 Å². The number of nitrogens with zero attached hydrogens (tertiary/aromatic N) is 4. The number of benzene rings is 1. The number of carbonyl (C=O) groups is 1. The van der Waals surface area contributed by atoms with E-state index in [1.165, 1.54) is 0 Å². The molecule has 1 amide bonds. The van der Waals surface area contributed by atoms with E-state index in [0.717, 1.165) is 29.0 Å². The van der Waals surface area contributed by atoms with Crippen molar-refractivity contribution in [3.05, 3.63) is 47.3 Å². The number of hydrogen-bond donors (Lipinski definition) is 2. The fourth-order valence-electron chi connectivity index (χ4n) is 2.60. The van der Waals surface area contributed by atoms with E-state index in [1.807, 2.05) is 42.2 Å². The van der Waals surface area contributed by atoms with Gasteiger partial charge in [-0.25, -0.2) is 4.99 Å². The van der Waals surface area contributed by atoms with Crippen molar-refractivity contribution in [2.75, 3.05) is 27.7 Å². The molecule has 0 fully saturated rings. The van der Waals surface area contributed by atoms with Gasteiger partial charge >= 0.3 is 0 Å². The molecule has 152 valence electrons. The number of aryl methyl sites for hydroxylation is 2. The smallest absolute Gasteiger partial charge is 0.241 e. The predicted octanol–water partition coefficient (Wildman–Crippen LogP) is 1.31. The first-order valence-corrected chi connectivity index (χ1v) is 9.29. The molecule has 0 saturated carbocycles. The summed E-state index contributed by atoms with van der Waals surface area (Å²) in [5, 5.41) is 10.9. The van der Waals surface area contributed by atoms with Crippen LogP contribution in [0, 0.1) is 0 Å². The highest BCUT2D eigenvalue weighted by molar-refractivity contribution is 5.86. The Bertz CT molecular complexity index is 796. The minimum absolute atomic E-state index is 0.0189. The number of methoxy groups -OCH3 is 1. The lowest BCUT2D eigenvalue weighted by Gasteiger charge is -2.15. The van der Waals surface area contributed by atoms with Crippen LogP contribution in [0.4, 0.5) is 0 Å². The Morgan fingerprint density at radius 1 is 1.25 bits per heavy atom. The zero-order valence-corrected chi connectivity index (χ0v) is 17.3. The summed E-state index contributed by atoms with van der Waals surface area (Å²) in [5.41, 5.74) is 3.22. The molecule has 8 nitrogen and oxygen atoms in total. The van der Waals surface area contributed by atoms with Crippen molar-refractivity contribution in [2.45, 2.75) is 26.4 Å². The lowest BCUT2D eigenvalue weighted by Crippen LogP contribution is -2.42. The van der Waals surface area contributed by atoms with Gasteiger partial charge in [-0.15, -0.1) is 0 Å². The van der Waals surface area contributed by atoms with Crippen molar-refractivity contribution < 1.29 is 9.53 Å². The molecular weight excluding hydrogens is 356 g/mol. The van der Waals surface area contributed by atoms with Gasteiger partial charge in [0.2, 0.25) is 5.91 Å². The molecule has 0 unspecified atom stereocenters. The number of ether oxygens (including phenoxy) is 1. The van der Waals surface area contributed by atoms with Crippen molar-refractivity contribution in [3.63, 3.8) is 0 Å². The van der Waals surface area contributed by atoms with Crippen LogP contribution in [-0.4, -0.2) is 54.3 Å². The number of likely N-dealkylation sites (N-methyl/N-ethyl adjacent to an activating group) is 1. The summed E-state index contributed by atoms with van der Waals surface area (Å²) in [6.45, 7) is 3.33. The van der Waals surface area contributed by atoms with Crippen molar-refractivity contribution in [3.8, 4) is 5.75 Å². The fourth-order valence-corrected chi connectivity index (χ4v) is 2.60. The summed E-state index contributed by atoms with van der Waals surface area (Å²) >= 11 is 0. The van der Waals surface area contributed by atoms with Gasteiger partial charge in [-0.3, -0.25) is 9.48 Å². The highest BCUT2D eigenvalue weighted by Crippen LogP contribution is 2.12. The number of rotatable bonds is 8. The molecule has 0 saturated heterocycles. The quantitative estimate of drug-likeness (QED) is 0.528. The van der Waals surface area contributed by atoms with Gasteiger partial charge in [0.15, 0.2) is 5.96 Å². The van der Waals surface area contributed by atoms with E-state index >= 15 is 0 Å².